The van der Waals surface area contributed by atoms with Crippen molar-refractivity contribution in [2.24, 2.45) is 0 Å². The maximum atomic E-state index is 12.9. The number of aryl methyl sites for hydroxylation is 1. The molecule has 0 radical (unpaired) electrons. The van der Waals surface area contributed by atoms with Crippen LogP contribution in [0.5, 0.6) is 0 Å². The zero-order valence-electron chi connectivity index (χ0n) is 20.5. The minimum Gasteiger partial charge on any atom is -0.326 e. The molecule has 2 aromatic carbocycles. The van der Waals surface area contributed by atoms with Gasteiger partial charge in [-0.25, -0.2) is 13.4 Å². The van der Waals surface area contributed by atoms with E-state index >= 15 is 0 Å². The van der Waals surface area contributed by atoms with Gasteiger partial charge in [-0.3, -0.25) is 9.59 Å². The van der Waals surface area contributed by atoms with E-state index in [9.17, 15) is 18.0 Å². The van der Waals surface area contributed by atoms with Crippen molar-refractivity contribution < 1.29 is 18.0 Å². The third kappa shape index (κ3) is 6.03. The van der Waals surface area contributed by atoms with Crippen molar-refractivity contribution in [1.82, 2.24) is 13.9 Å². The minimum absolute atomic E-state index is 0.164. The maximum absolute atomic E-state index is 12.9. The van der Waals surface area contributed by atoms with Crippen molar-refractivity contribution in [2.45, 2.75) is 56.5 Å². The number of carbonyl (C=O) groups is 2. The smallest absolute Gasteiger partial charge is 0.243 e. The lowest BCUT2D eigenvalue weighted by molar-refractivity contribution is -0.115. The summed E-state index contributed by atoms with van der Waals surface area (Å²) in [4.78, 5) is 28.8. The number of imidazole rings is 1. The van der Waals surface area contributed by atoms with E-state index in [1.54, 1.807) is 49.4 Å². The van der Waals surface area contributed by atoms with Gasteiger partial charge in [0.1, 0.15) is 0 Å². The normalized spacial score (nSPS) is 12.6. The molecule has 0 saturated heterocycles. The average Bonchev–Trinajstić information content (AvgIpc) is 3.16. The molecule has 1 atom stereocenters. The number of rotatable bonds is 10. The van der Waals surface area contributed by atoms with Gasteiger partial charge in [-0.1, -0.05) is 25.6 Å². The first-order valence-electron chi connectivity index (χ1n) is 11.5. The molecule has 0 spiro atoms. The number of aromatic nitrogens is 2. The zero-order valence-corrected chi connectivity index (χ0v) is 22.2. The van der Waals surface area contributed by atoms with Crippen LogP contribution in [0.1, 0.15) is 34.6 Å². The van der Waals surface area contributed by atoms with Gasteiger partial charge in [-0.15, -0.1) is 0 Å². The molecule has 3 aromatic rings. The van der Waals surface area contributed by atoms with Crippen LogP contribution in [0.15, 0.2) is 52.5 Å². The summed E-state index contributed by atoms with van der Waals surface area (Å²) in [5.74, 6) is -0.356. The Morgan fingerprint density at radius 1 is 1.03 bits per heavy atom. The van der Waals surface area contributed by atoms with Gasteiger partial charge in [0, 0.05) is 37.9 Å². The molecule has 9 nitrogen and oxygen atoms in total. The molecule has 1 aromatic heterocycles. The molecule has 0 aliphatic heterocycles. The van der Waals surface area contributed by atoms with E-state index in [-0.39, 0.29) is 16.7 Å². The molecule has 35 heavy (non-hydrogen) atoms. The fourth-order valence-corrected chi connectivity index (χ4v) is 6.12. The lowest BCUT2D eigenvalue weighted by Crippen LogP contribution is -2.30. The molecular formula is C24H31N5O4S2. The van der Waals surface area contributed by atoms with Crippen LogP contribution in [0.3, 0.4) is 0 Å². The molecule has 0 saturated carbocycles. The third-order valence-corrected chi connectivity index (χ3v) is 8.60. The van der Waals surface area contributed by atoms with Crippen LogP contribution in [0.25, 0.3) is 11.0 Å². The number of anilines is 2. The fraction of sp³-hybridized carbons (Fsp3) is 0.375. The SMILES string of the molecule is CCN(CC)S(=O)(=O)c1ccc2c(c1)nc(SC(C)C(=O)Nc1ccc(NC(C)=O)cc1)n2CC. The van der Waals surface area contributed by atoms with Gasteiger partial charge in [-0.05, 0) is 56.3 Å². The third-order valence-electron chi connectivity index (χ3n) is 5.47. The molecule has 3 rings (SSSR count). The summed E-state index contributed by atoms with van der Waals surface area (Å²) in [6.45, 7) is 10.2. The second-order valence-electron chi connectivity index (χ2n) is 7.89. The Kier molecular flexibility index (Phi) is 8.57. The first-order valence-corrected chi connectivity index (χ1v) is 13.8. The number of hydrogen-bond donors (Lipinski definition) is 2. The van der Waals surface area contributed by atoms with Crippen LogP contribution >= 0.6 is 11.8 Å². The van der Waals surface area contributed by atoms with E-state index in [1.807, 2.05) is 25.3 Å². The van der Waals surface area contributed by atoms with Crippen molar-refractivity contribution >= 4 is 56.0 Å². The van der Waals surface area contributed by atoms with Crippen LogP contribution in [0.2, 0.25) is 0 Å². The number of thioether (sulfide) groups is 1. The first kappa shape index (κ1) is 26.7. The van der Waals surface area contributed by atoms with Crippen LogP contribution in [0.4, 0.5) is 11.4 Å². The molecule has 0 fully saturated rings. The van der Waals surface area contributed by atoms with Crippen LogP contribution in [-0.4, -0.2) is 52.4 Å². The zero-order chi connectivity index (χ0) is 25.8. The second kappa shape index (κ2) is 11.2. The van der Waals surface area contributed by atoms with Gasteiger partial charge in [0.15, 0.2) is 5.16 Å². The van der Waals surface area contributed by atoms with E-state index in [4.69, 9.17) is 0 Å². The standard InChI is InChI=1S/C24H31N5O4S2/c1-6-28(7-2)35(32,33)20-13-14-22-21(15-20)27-24(29(22)8-3)34-16(4)23(31)26-19-11-9-18(10-12-19)25-17(5)30/h9-16H,6-8H2,1-5H3,(H,25,30)(H,26,31). The van der Waals surface area contributed by atoms with Crippen molar-refractivity contribution in [2.75, 3.05) is 23.7 Å². The van der Waals surface area contributed by atoms with E-state index in [0.717, 1.165) is 5.52 Å². The number of fused-ring (bicyclic) bond motifs is 1. The largest absolute Gasteiger partial charge is 0.326 e. The number of hydrogen-bond acceptors (Lipinski definition) is 6. The highest BCUT2D eigenvalue weighted by molar-refractivity contribution is 8.00. The predicted molar refractivity (Wildman–Crippen MR) is 140 cm³/mol. The van der Waals surface area contributed by atoms with Crippen molar-refractivity contribution in [3.8, 4) is 0 Å². The monoisotopic (exact) mass is 517 g/mol. The summed E-state index contributed by atoms with van der Waals surface area (Å²) in [5.41, 5.74) is 2.65. The molecule has 0 aliphatic carbocycles. The van der Waals surface area contributed by atoms with Gasteiger partial charge < -0.3 is 15.2 Å². The molecule has 2 amide bonds. The van der Waals surface area contributed by atoms with Crippen molar-refractivity contribution in [3.63, 3.8) is 0 Å². The summed E-state index contributed by atoms with van der Waals surface area (Å²) in [5, 5.41) is 5.75. The predicted octanol–water partition coefficient (Wildman–Crippen LogP) is 4.16. The number of nitrogens with one attached hydrogen (secondary N) is 2. The Bertz CT molecular complexity index is 1320. The summed E-state index contributed by atoms with van der Waals surface area (Å²) >= 11 is 1.31. The van der Waals surface area contributed by atoms with E-state index in [2.05, 4.69) is 15.6 Å². The first-order chi connectivity index (χ1) is 16.6. The Hall–Kier alpha value is -2.89. The molecule has 2 N–H and O–H groups in total. The highest BCUT2D eigenvalue weighted by atomic mass is 32.2. The van der Waals surface area contributed by atoms with Gasteiger partial charge >= 0.3 is 0 Å². The number of amides is 2. The average molecular weight is 518 g/mol. The molecule has 188 valence electrons. The van der Waals surface area contributed by atoms with Gasteiger partial charge in [0.05, 0.1) is 21.2 Å². The van der Waals surface area contributed by atoms with Gasteiger partial charge in [-0.2, -0.15) is 4.31 Å². The van der Waals surface area contributed by atoms with Crippen LogP contribution in [-0.2, 0) is 26.2 Å². The van der Waals surface area contributed by atoms with Crippen molar-refractivity contribution in [1.29, 1.82) is 0 Å². The topological polar surface area (TPSA) is 113 Å². The number of benzene rings is 2. The summed E-state index contributed by atoms with van der Waals surface area (Å²) in [6.07, 6.45) is 0. The molecule has 1 unspecified atom stereocenters. The number of carbonyl (C=O) groups excluding carboxylic acids is 2. The van der Waals surface area contributed by atoms with Crippen LogP contribution < -0.4 is 10.6 Å². The Morgan fingerprint density at radius 3 is 2.17 bits per heavy atom. The minimum atomic E-state index is -3.59. The molecule has 0 aliphatic rings. The van der Waals surface area contributed by atoms with E-state index in [1.165, 1.54) is 23.0 Å². The maximum Gasteiger partial charge on any atom is 0.243 e. The lowest BCUT2D eigenvalue weighted by Gasteiger charge is -2.18. The van der Waals surface area contributed by atoms with Crippen molar-refractivity contribution in [3.05, 3.63) is 42.5 Å². The molecule has 0 bridgehead atoms. The highest BCUT2D eigenvalue weighted by Gasteiger charge is 2.24. The lowest BCUT2D eigenvalue weighted by atomic mass is 10.2. The Labute approximate surface area is 210 Å². The number of sulfonamides is 1. The Morgan fingerprint density at radius 2 is 1.63 bits per heavy atom. The summed E-state index contributed by atoms with van der Waals surface area (Å²) in [6, 6.07) is 11.9. The fourth-order valence-electron chi connectivity index (χ4n) is 3.65. The molecule has 11 heteroatoms. The van der Waals surface area contributed by atoms with Crippen LogP contribution in [0, 0.1) is 0 Å². The van der Waals surface area contributed by atoms with E-state index < -0.39 is 15.3 Å². The summed E-state index contributed by atoms with van der Waals surface area (Å²) < 4.78 is 29.2. The quantitative estimate of drug-likeness (QED) is 0.390. The van der Waals surface area contributed by atoms with E-state index in [0.29, 0.717) is 41.7 Å². The highest BCUT2D eigenvalue weighted by Crippen LogP contribution is 2.30. The molecule has 1 heterocycles. The van der Waals surface area contributed by atoms with Gasteiger partial charge in [0.2, 0.25) is 21.8 Å². The summed E-state index contributed by atoms with van der Waals surface area (Å²) in [7, 11) is -3.59. The number of nitrogens with zero attached hydrogens (tertiary/aromatic N) is 3. The molecular weight excluding hydrogens is 486 g/mol. The second-order valence-corrected chi connectivity index (χ2v) is 11.1. The van der Waals surface area contributed by atoms with Gasteiger partial charge in [0.25, 0.3) is 0 Å². The Balaban J connectivity index is 1.79.